The monoisotopic (exact) mass is 359 g/mol. The minimum absolute atomic E-state index is 0.0211. The molecule has 0 aliphatic carbocycles. The van der Waals surface area contributed by atoms with Gasteiger partial charge in [0.05, 0.1) is 12.6 Å². The van der Waals surface area contributed by atoms with Gasteiger partial charge in [0.25, 0.3) is 0 Å². The molecular formula is C21H21N5O. The number of fused-ring (bicyclic) bond motifs is 1. The number of methoxy groups -OCH3 is 1. The Kier molecular flexibility index (Phi) is 4.46. The lowest BCUT2D eigenvalue weighted by Crippen LogP contribution is -2.07. The van der Waals surface area contributed by atoms with Gasteiger partial charge in [-0.1, -0.05) is 37.3 Å². The molecule has 0 fully saturated rings. The van der Waals surface area contributed by atoms with Gasteiger partial charge in [-0.2, -0.15) is 5.10 Å². The second-order valence-corrected chi connectivity index (χ2v) is 6.47. The van der Waals surface area contributed by atoms with Gasteiger partial charge < -0.3 is 10.1 Å². The highest BCUT2D eigenvalue weighted by Crippen LogP contribution is 2.32. The number of aromatic amines is 1. The highest BCUT2D eigenvalue weighted by molar-refractivity contribution is 5.90. The molecule has 2 heterocycles. The normalized spacial score (nSPS) is 12.1. The number of hydrogen-bond acceptors (Lipinski definition) is 5. The summed E-state index contributed by atoms with van der Waals surface area (Å²) in [6, 6.07) is 17.9. The SMILES string of the molecule is COc1ccccc1C(C)c1nc(Nc2cc(C)[nH]n2)c2ccccc2n1. The maximum absolute atomic E-state index is 5.52. The number of H-pyrrole nitrogens is 1. The molecule has 0 bridgehead atoms. The molecule has 4 aromatic rings. The van der Waals surface area contributed by atoms with Crippen molar-refractivity contribution in [3.63, 3.8) is 0 Å². The maximum atomic E-state index is 5.52. The smallest absolute Gasteiger partial charge is 0.153 e. The van der Waals surface area contributed by atoms with E-state index in [1.165, 1.54) is 0 Å². The third-order valence-electron chi connectivity index (χ3n) is 4.57. The summed E-state index contributed by atoms with van der Waals surface area (Å²) in [5, 5.41) is 11.5. The van der Waals surface area contributed by atoms with Gasteiger partial charge in [0.2, 0.25) is 0 Å². The molecule has 0 saturated carbocycles. The summed E-state index contributed by atoms with van der Waals surface area (Å²) in [6.45, 7) is 4.05. The molecule has 2 aromatic carbocycles. The van der Waals surface area contributed by atoms with Crippen molar-refractivity contribution < 1.29 is 4.74 Å². The van der Waals surface area contributed by atoms with E-state index in [0.717, 1.165) is 45.4 Å². The number of benzene rings is 2. The first-order valence-electron chi connectivity index (χ1n) is 8.84. The molecule has 0 aliphatic rings. The van der Waals surface area contributed by atoms with E-state index >= 15 is 0 Å². The summed E-state index contributed by atoms with van der Waals surface area (Å²) in [5.41, 5.74) is 2.93. The Morgan fingerprint density at radius 2 is 1.81 bits per heavy atom. The van der Waals surface area contributed by atoms with Crippen LogP contribution in [0.5, 0.6) is 5.75 Å². The van der Waals surface area contributed by atoms with Gasteiger partial charge in [0, 0.05) is 28.6 Å². The van der Waals surface area contributed by atoms with Gasteiger partial charge in [-0.3, -0.25) is 5.10 Å². The predicted molar refractivity (Wildman–Crippen MR) is 107 cm³/mol. The van der Waals surface area contributed by atoms with E-state index in [2.05, 4.69) is 22.4 Å². The van der Waals surface area contributed by atoms with Crippen LogP contribution in [0.15, 0.2) is 54.6 Å². The van der Waals surface area contributed by atoms with Crippen molar-refractivity contribution in [2.24, 2.45) is 0 Å². The van der Waals surface area contributed by atoms with Crippen LogP contribution in [-0.4, -0.2) is 27.3 Å². The van der Waals surface area contributed by atoms with Crippen LogP contribution in [-0.2, 0) is 0 Å². The number of hydrogen-bond donors (Lipinski definition) is 2. The minimum Gasteiger partial charge on any atom is -0.496 e. The van der Waals surface area contributed by atoms with Gasteiger partial charge in [0.15, 0.2) is 5.82 Å². The third-order valence-corrected chi connectivity index (χ3v) is 4.57. The van der Waals surface area contributed by atoms with Crippen LogP contribution >= 0.6 is 0 Å². The Hall–Kier alpha value is -3.41. The molecule has 6 heteroatoms. The van der Waals surface area contributed by atoms with E-state index in [4.69, 9.17) is 14.7 Å². The van der Waals surface area contributed by atoms with Crippen LogP contribution in [0.25, 0.3) is 10.9 Å². The second-order valence-electron chi connectivity index (χ2n) is 6.47. The topological polar surface area (TPSA) is 75.7 Å². The van der Waals surface area contributed by atoms with E-state index in [0.29, 0.717) is 0 Å². The number of aromatic nitrogens is 4. The van der Waals surface area contributed by atoms with Crippen molar-refractivity contribution in [3.05, 3.63) is 71.7 Å². The summed E-state index contributed by atoms with van der Waals surface area (Å²) < 4.78 is 5.52. The first-order valence-corrected chi connectivity index (χ1v) is 8.84. The van der Waals surface area contributed by atoms with Crippen molar-refractivity contribution in [2.75, 3.05) is 12.4 Å². The Bertz CT molecular complexity index is 1090. The van der Waals surface area contributed by atoms with E-state index in [1.807, 2.05) is 61.5 Å². The van der Waals surface area contributed by atoms with Crippen molar-refractivity contribution in [3.8, 4) is 5.75 Å². The van der Waals surface area contributed by atoms with E-state index in [-0.39, 0.29) is 5.92 Å². The lowest BCUT2D eigenvalue weighted by Gasteiger charge is -2.16. The van der Waals surface area contributed by atoms with Crippen LogP contribution in [0, 0.1) is 6.92 Å². The van der Waals surface area contributed by atoms with Crippen LogP contribution in [0.3, 0.4) is 0 Å². The van der Waals surface area contributed by atoms with Crippen molar-refractivity contribution in [1.82, 2.24) is 20.2 Å². The quantitative estimate of drug-likeness (QED) is 0.546. The molecule has 0 spiro atoms. The third kappa shape index (κ3) is 3.33. The number of ether oxygens (including phenoxy) is 1. The number of aryl methyl sites for hydroxylation is 1. The molecular weight excluding hydrogens is 338 g/mol. The van der Waals surface area contributed by atoms with Gasteiger partial charge >= 0.3 is 0 Å². The zero-order chi connectivity index (χ0) is 18.8. The number of rotatable bonds is 5. The van der Waals surface area contributed by atoms with Gasteiger partial charge in [-0.15, -0.1) is 0 Å². The molecule has 0 radical (unpaired) electrons. The summed E-state index contributed by atoms with van der Waals surface area (Å²) >= 11 is 0. The van der Waals surface area contributed by atoms with Crippen LogP contribution in [0.2, 0.25) is 0 Å². The summed E-state index contributed by atoms with van der Waals surface area (Å²) in [6.07, 6.45) is 0. The van der Waals surface area contributed by atoms with E-state index in [9.17, 15) is 0 Å². The summed E-state index contributed by atoms with van der Waals surface area (Å²) in [4.78, 5) is 9.63. The molecule has 6 nitrogen and oxygen atoms in total. The van der Waals surface area contributed by atoms with Gasteiger partial charge in [-0.25, -0.2) is 9.97 Å². The van der Waals surface area contributed by atoms with E-state index in [1.54, 1.807) is 7.11 Å². The second kappa shape index (κ2) is 7.07. The van der Waals surface area contributed by atoms with Crippen LogP contribution < -0.4 is 10.1 Å². The highest BCUT2D eigenvalue weighted by Gasteiger charge is 2.18. The first-order chi connectivity index (χ1) is 13.2. The Morgan fingerprint density at radius 3 is 2.59 bits per heavy atom. The zero-order valence-corrected chi connectivity index (χ0v) is 15.5. The first kappa shape index (κ1) is 17.0. The summed E-state index contributed by atoms with van der Waals surface area (Å²) in [5.74, 6) is 3.01. The van der Waals surface area contributed by atoms with Crippen LogP contribution in [0.1, 0.15) is 29.9 Å². The minimum atomic E-state index is -0.0211. The molecule has 0 amide bonds. The lowest BCUT2D eigenvalue weighted by atomic mass is 9.99. The highest BCUT2D eigenvalue weighted by atomic mass is 16.5. The lowest BCUT2D eigenvalue weighted by molar-refractivity contribution is 0.408. The van der Waals surface area contributed by atoms with Gasteiger partial charge in [0.1, 0.15) is 17.4 Å². The standard InChI is InChI=1S/C21H21N5O/c1-13-12-19(26-25-13)23-21-16-9-4-6-10-17(16)22-20(24-21)14(2)15-8-5-7-11-18(15)27-3/h4-12,14H,1-3H3,(H2,22,23,24,25,26). The van der Waals surface area contributed by atoms with E-state index < -0.39 is 0 Å². The van der Waals surface area contributed by atoms with Crippen LogP contribution in [0.4, 0.5) is 11.6 Å². The zero-order valence-electron chi connectivity index (χ0n) is 15.5. The largest absolute Gasteiger partial charge is 0.496 e. The Balaban J connectivity index is 1.81. The number of nitrogens with zero attached hydrogens (tertiary/aromatic N) is 3. The Morgan fingerprint density at radius 1 is 1.04 bits per heavy atom. The number of anilines is 2. The predicted octanol–water partition coefficient (Wildman–Crippen LogP) is 4.57. The molecule has 1 atom stereocenters. The maximum Gasteiger partial charge on any atom is 0.153 e. The van der Waals surface area contributed by atoms with Crippen molar-refractivity contribution in [2.45, 2.75) is 19.8 Å². The molecule has 27 heavy (non-hydrogen) atoms. The van der Waals surface area contributed by atoms with Gasteiger partial charge in [-0.05, 0) is 25.1 Å². The fourth-order valence-corrected chi connectivity index (χ4v) is 3.15. The molecule has 1 unspecified atom stereocenters. The average molecular weight is 359 g/mol. The molecule has 0 aliphatic heterocycles. The summed E-state index contributed by atoms with van der Waals surface area (Å²) in [7, 11) is 1.68. The average Bonchev–Trinajstić information content (AvgIpc) is 3.12. The molecule has 4 rings (SSSR count). The fourth-order valence-electron chi connectivity index (χ4n) is 3.15. The molecule has 136 valence electrons. The molecule has 2 aromatic heterocycles. The number of nitrogens with one attached hydrogen (secondary N) is 2. The van der Waals surface area contributed by atoms with Crippen molar-refractivity contribution >= 4 is 22.5 Å². The number of para-hydroxylation sites is 2. The fraction of sp³-hybridized carbons (Fsp3) is 0.190. The van der Waals surface area contributed by atoms with Crippen molar-refractivity contribution in [1.29, 1.82) is 0 Å². The molecule has 2 N–H and O–H groups in total. The molecule has 0 saturated heterocycles. The Labute approximate surface area is 157 Å².